The number of hydrogen-bond acceptors (Lipinski definition) is 4. The van der Waals surface area contributed by atoms with E-state index in [9.17, 15) is 18.4 Å². The number of nitrogens with one attached hydrogen (secondary N) is 2. The first kappa shape index (κ1) is 18.7. The van der Waals surface area contributed by atoms with Crippen molar-refractivity contribution in [3.05, 3.63) is 29.8 Å². The molecule has 2 saturated heterocycles. The number of benzene rings is 1. The first-order valence-electron chi connectivity index (χ1n) is 8.81. The molecule has 1 aromatic rings. The molecule has 1 unspecified atom stereocenters. The van der Waals surface area contributed by atoms with Gasteiger partial charge < -0.3 is 10.2 Å². The number of nitrogens with zero attached hydrogens (tertiary/aromatic N) is 2. The molecule has 3 rings (SSSR count). The predicted octanol–water partition coefficient (Wildman–Crippen LogP) is 1.29. The Morgan fingerprint density at radius 2 is 1.85 bits per heavy atom. The van der Waals surface area contributed by atoms with Crippen LogP contribution in [0.25, 0.3) is 0 Å². The molecule has 0 bridgehead atoms. The van der Waals surface area contributed by atoms with E-state index in [1.54, 1.807) is 19.1 Å². The van der Waals surface area contributed by atoms with Crippen LogP contribution in [0.4, 0.5) is 14.5 Å². The summed E-state index contributed by atoms with van der Waals surface area (Å²) in [5.74, 6) is -3.15. The largest absolute Gasteiger partial charge is 0.340 e. The third-order valence-electron chi connectivity index (χ3n) is 4.87. The molecule has 2 N–H and O–H groups in total. The normalized spacial score (nSPS) is 23.0. The number of hydrogen-bond donors (Lipinski definition) is 2. The molecule has 142 valence electrons. The number of carbonyl (C=O) groups excluding carboxylic acids is 2. The lowest BCUT2D eigenvalue weighted by Gasteiger charge is -2.34. The Morgan fingerprint density at radius 1 is 1.19 bits per heavy atom. The summed E-state index contributed by atoms with van der Waals surface area (Å²) in [7, 11) is 0. The predicted molar refractivity (Wildman–Crippen MR) is 94.0 cm³/mol. The number of rotatable bonds is 4. The van der Waals surface area contributed by atoms with Crippen LogP contribution in [-0.2, 0) is 16.1 Å². The molecule has 0 spiro atoms. The minimum atomic E-state index is -2.82. The van der Waals surface area contributed by atoms with E-state index in [-0.39, 0.29) is 5.91 Å². The summed E-state index contributed by atoms with van der Waals surface area (Å²) in [6, 6.07) is 6.55. The van der Waals surface area contributed by atoms with E-state index in [0.29, 0.717) is 5.69 Å². The average Bonchev–Trinajstić information content (AvgIpc) is 2.97. The maximum atomic E-state index is 13.2. The highest BCUT2D eigenvalue weighted by Gasteiger charge is 2.42. The van der Waals surface area contributed by atoms with Gasteiger partial charge in [-0.1, -0.05) is 12.1 Å². The number of piperazine rings is 1. The lowest BCUT2D eigenvalue weighted by Crippen LogP contribution is -2.47. The molecule has 0 aliphatic carbocycles. The molecule has 2 heterocycles. The molecule has 6 nitrogen and oxygen atoms in total. The highest BCUT2D eigenvalue weighted by Crippen LogP contribution is 2.25. The summed E-state index contributed by atoms with van der Waals surface area (Å²) in [4.78, 5) is 27.5. The smallest absolute Gasteiger partial charge is 0.262 e. The van der Waals surface area contributed by atoms with Crippen molar-refractivity contribution in [2.45, 2.75) is 31.9 Å². The van der Waals surface area contributed by atoms with Crippen molar-refractivity contribution >= 4 is 17.5 Å². The molecule has 0 saturated carbocycles. The molecule has 2 aliphatic heterocycles. The van der Waals surface area contributed by atoms with E-state index in [2.05, 4.69) is 15.5 Å². The van der Waals surface area contributed by atoms with E-state index in [0.717, 1.165) is 38.3 Å². The lowest BCUT2D eigenvalue weighted by molar-refractivity contribution is -0.130. The third kappa shape index (κ3) is 4.76. The molecule has 0 aromatic heterocycles. The number of halogens is 2. The third-order valence-corrected chi connectivity index (χ3v) is 4.87. The van der Waals surface area contributed by atoms with Crippen LogP contribution in [-0.4, -0.2) is 66.3 Å². The van der Waals surface area contributed by atoms with Crippen molar-refractivity contribution in [3.8, 4) is 0 Å². The summed E-state index contributed by atoms with van der Waals surface area (Å²) in [5.41, 5.74) is 1.70. The Labute approximate surface area is 151 Å². The van der Waals surface area contributed by atoms with Gasteiger partial charge in [0.2, 0.25) is 11.8 Å². The van der Waals surface area contributed by atoms with Crippen molar-refractivity contribution < 1.29 is 18.4 Å². The Hall–Kier alpha value is -2.06. The molecular weight excluding hydrogens is 342 g/mol. The maximum absolute atomic E-state index is 13.2. The first-order valence-corrected chi connectivity index (χ1v) is 8.81. The highest BCUT2D eigenvalue weighted by atomic mass is 19.3. The van der Waals surface area contributed by atoms with Gasteiger partial charge in [0.05, 0.1) is 12.6 Å². The van der Waals surface area contributed by atoms with Gasteiger partial charge in [-0.2, -0.15) is 0 Å². The minimum Gasteiger partial charge on any atom is -0.340 e. The molecule has 1 aromatic carbocycles. The Morgan fingerprint density at radius 3 is 2.38 bits per heavy atom. The molecule has 8 heteroatoms. The second-order valence-electron chi connectivity index (χ2n) is 6.96. The fourth-order valence-electron chi connectivity index (χ4n) is 3.30. The fraction of sp³-hybridized carbons (Fsp3) is 0.556. The Kier molecular flexibility index (Phi) is 5.52. The van der Waals surface area contributed by atoms with Crippen molar-refractivity contribution in [1.82, 2.24) is 15.1 Å². The van der Waals surface area contributed by atoms with Crippen LogP contribution < -0.4 is 10.6 Å². The van der Waals surface area contributed by atoms with Crippen LogP contribution in [0.2, 0.25) is 0 Å². The van der Waals surface area contributed by atoms with Crippen molar-refractivity contribution in [1.29, 1.82) is 0 Å². The zero-order valence-corrected chi connectivity index (χ0v) is 14.8. The second-order valence-corrected chi connectivity index (χ2v) is 6.96. The quantitative estimate of drug-likeness (QED) is 0.843. The maximum Gasteiger partial charge on any atom is 0.262 e. The van der Waals surface area contributed by atoms with E-state index in [4.69, 9.17) is 0 Å². The van der Waals surface area contributed by atoms with Gasteiger partial charge >= 0.3 is 0 Å². The van der Waals surface area contributed by atoms with Gasteiger partial charge in [-0.15, -0.1) is 0 Å². The van der Waals surface area contributed by atoms with Crippen LogP contribution in [0.15, 0.2) is 24.3 Å². The summed E-state index contributed by atoms with van der Waals surface area (Å²) < 4.78 is 26.3. The van der Waals surface area contributed by atoms with Gasteiger partial charge in [0.1, 0.15) is 0 Å². The molecule has 2 amide bonds. The minimum absolute atomic E-state index is 0.110. The Balaban J connectivity index is 1.48. The molecule has 26 heavy (non-hydrogen) atoms. The zero-order valence-electron chi connectivity index (χ0n) is 14.8. The topological polar surface area (TPSA) is 64.7 Å². The molecule has 2 aliphatic rings. The fourth-order valence-corrected chi connectivity index (χ4v) is 3.30. The standard InChI is InChI=1S/C18H24F2N4O2/c1-13(25)24-8-6-23(7-9-24)11-14-2-4-15(5-3-14)22-17(26)16-10-18(19,20)12-21-16/h2-5,16,21H,6-12H2,1H3,(H,22,26). The van der Waals surface area contributed by atoms with E-state index >= 15 is 0 Å². The highest BCUT2D eigenvalue weighted by molar-refractivity contribution is 5.95. The number of amides is 2. The number of carbonyl (C=O) groups is 2. The van der Waals surface area contributed by atoms with Crippen molar-refractivity contribution in [2.24, 2.45) is 0 Å². The average molecular weight is 366 g/mol. The van der Waals surface area contributed by atoms with Gasteiger partial charge in [0, 0.05) is 51.8 Å². The summed E-state index contributed by atoms with van der Waals surface area (Å²) in [6.07, 6.45) is -0.469. The van der Waals surface area contributed by atoms with E-state index < -0.39 is 30.8 Å². The lowest BCUT2D eigenvalue weighted by atomic mass is 10.1. The monoisotopic (exact) mass is 366 g/mol. The number of alkyl halides is 2. The van der Waals surface area contributed by atoms with Gasteiger partial charge in [-0.05, 0) is 17.7 Å². The summed E-state index contributed by atoms with van der Waals surface area (Å²) >= 11 is 0. The van der Waals surface area contributed by atoms with Gasteiger partial charge in [0.15, 0.2) is 0 Å². The van der Waals surface area contributed by atoms with Crippen LogP contribution in [0.1, 0.15) is 18.9 Å². The van der Waals surface area contributed by atoms with Crippen molar-refractivity contribution in [3.63, 3.8) is 0 Å². The summed E-state index contributed by atoms with van der Waals surface area (Å²) in [6.45, 7) is 5.05. The molecular formula is C18H24F2N4O2. The second kappa shape index (κ2) is 7.67. The first-order chi connectivity index (χ1) is 12.3. The van der Waals surface area contributed by atoms with Crippen LogP contribution in [0.5, 0.6) is 0 Å². The van der Waals surface area contributed by atoms with E-state index in [1.807, 2.05) is 17.0 Å². The zero-order chi connectivity index (χ0) is 18.7. The Bertz CT molecular complexity index is 658. The molecule has 0 radical (unpaired) electrons. The van der Waals surface area contributed by atoms with Crippen LogP contribution >= 0.6 is 0 Å². The van der Waals surface area contributed by atoms with Gasteiger partial charge in [-0.25, -0.2) is 8.78 Å². The van der Waals surface area contributed by atoms with Crippen molar-refractivity contribution in [2.75, 3.05) is 38.0 Å². The molecule has 1 atom stereocenters. The van der Waals surface area contributed by atoms with Crippen LogP contribution in [0.3, 0.4) is 0 Å². The summed E-state index contributed by atoms with van der Waals surface area (Å²) in [5, 5.41) is 5.23. The SMILES string of the molecule is CC(=O)N1CCN(Cc2ccc(NC(=O)C3CC(F)(F)CN3)cc2)CC1. The van der Waals surface area contributed by atoms with Gasteiger partial charge in [0.25, 0.3) is 5.92 Å². The van der Waals surface area contributed by atoms with Crippen LogP contribution in [0, 0.1) is 0 Å². The molecule has 2 fully saturated rings. The van der Waals surface area contributed by atoms with Gasteiger partial charge in [-0.3, -0.25) is 19.8 Å². The number of anilines is 1. The van der Waals surface area contributed by atoms with E-state index in [1.165, 1.54) is 0 Å².